The maximum atomic E-state index is 12.3. The van der Waals surface area contributed by atoms with Crippen molar-refractivity contribution in [1.82, 2.24) is 0 Å². The van der Waals surface area contributed by atoms with E-state index in [0.717, 1.165) is 12.8 Å². The number of hydrogen-bond donors (Lipinski definition) is 0. The lowest BCUT2D eigenvalue weighted by molar-refractivity contribution is -0.134. The lowest BCUT2D eigenvalue weighted by Crippen LogP contribution is -2.36. The Morgan fingerprint density at radius 1 is 1.07 bits per heavy atom. The van der Waals surface area contributed by atoms with Crippen LogP contribution in [0, 0.1) is 17.3 Å². The van der Waals surface area contributed by atoms with Crippen molar-refractivity contribution in [2.45, 2.75) is 59.8 Å². The fourth-order valence-corrected chi connectivity index (χ4v) is 2.43. The van der Waals surface area contributed by atoms with E-state index in [0.29, 0.717) is 11.7 Å². The standard InChI is InChI=1S/C13H24O/c1-10(2)11(3)12(14)13(4)8-6-5-7-9-13/h10-11H,5-9H2,1-4H3. The second kappa shape index (κ2) is 4.46. The van der Waals surface area contributed by atoms with E-state index < -0.39 is 0 Å². The molecule has 0 heterocycles. The van der Waals surface area contributed by atoms with Crippen molar-refractivity contribution in [2.24, 2.45) is 17.3 Å². The Morgan fingerprint density at radius 2 is 1.57 bits per heavy atom. The van der Waals surface area contributed by atoms with Crippen LogP contribution in [-0.2, 0) is 4.79 Å². The van der Waals surface area contributed by atoms with Crippen molar-refractivity contribution in [1.29, 1.82) is 0 Å². The number of ketones is 1. The SMILES string of the molecule is CC(C)C(C)C(=O)C1(C)CCCCC1. The van der Waals surface area contributed by atoms with Gasteiger partial charge < -0.3 is 0 Å². The molecule has 0 bridgehead atoms. The molecule has 1 unspecified atom stereocenters. The van der Waals surface area contributed by atoms with Gasteiger partial charge in [0.2, 0.25) is 0 Å². The molecule has 1 aliphatic carbocycles. The zero-order valence-corrected chi connectivity index (χ0v) is 10.1. The summed E-state index contributed by atoms with van der Waals surface area (Å²) in [7, 11) is 0. The van der Waals surface area contributed by atoms with Crippen LogP contribution in [0.3, 0.4) is 0 Å². The third-order valence-corrected chi connectivity index (χ3v) is 3.97. The van der Waals surface area contributed by atoms with Crippen LogP contribution in [0.15, 0.2) is 0 Å². The van der Waals surface area contributed by atoms with Crippen molar-refractivity contribution >= 4 is 5.78 Å². The van der Waals surface area contributed by atoms with Crippen molar-refractivity contribution in [3.05, 3.63) is 0 Å². The predicted octanol–water partition coefficient (Wildman–Crippen LogP) is 3.82. The first-order chi connectivity index (χ1) is 6.47. The van der Waals surface area contributed by atoms with Gasteiger partial charge in [0.05, 0.1) is 0 Å². The van der Waals surface area contributed by atoms with Gasteiger partial charge in [-0.1, -0.05) is 47.0 Å². The quantitative estimate of drug-likeness (QED) is 0.670. The Hall–Kier alpha value is -0.330. The normalized spacial score (nSPS) is 23.5. The van der Waals surface area contributed by atoms with Crippen LogP contribution in [0.5, 0.6) is 0 Å². The van der Waals surface area contributed by atoms with Gasteiger partial charge in [-0.15, -0.1) is 0 Å². The van der Waals surface area contributed by atoms with Crippen LogP contribution >= 0.6 is 0 Å². The Morgan fingerprint density at radius 3 is 2.00 bits per heavy atom. The van der Waals surface area contributed by atoms with Gasteiger partial charge in [0.1, 0.15) is 5.78 Å². The molecule has 1 saturated carbocycles. The van der Waals surface area contributed by atoms with Crippen LogP contribution in [0.25, 0.3) is 0 Å². The van der Waals surface area contributed by atoms with Gasteiger partial charge >= 0.3 is 0 Å². The molecular formula is C13H24O. The number of carbonyl (C=O) groups is 1. The molecule has 0 saturated heterocycles. The van der Waals surface area contributed by atoms with Crippen LogP contribution in [0.2, 0.25) is 0 Å². The molecule has 0 radical (unpaired) electrons. The summed E-state index contributed by atoms with van der Waals surface area (Å²) in [5.74, 6) is 1.23. The van der Waals surface area contributed by atoms with Gasteiger partial charge in [-0.05, 0) is 18.8 Å². The topological polar surface area (TPSA) is 17.1 Å². The number of Topliss-reactive ketones (excluding diaryl/α,β-unsaturated/α-hetero) is 1. The molecule has 14 heavy (non-hydrogen) atoms. The summed E-state index contributed by atoms with van der Waals surface area (Å²) in [5.41, 5.74) is 0.00192. The third-order valence-electron chi connectivity index (χ3n) is 3.97. The molecule has 82 valence electrons. The Balaban J connectivity index is 2.66. The fourth-order valence-electron chi connectivity index (χ4n) is 2.43. The van der Waals surface area contributed by atoms with E-state index in [1.807, 2.05) is 0 Å². The summed E-state index contributed by atoms with van der Waals surface area (Å²) in [6.45, 7) is 8.56. The van der Waals surface area contributed by atoms with Crippen LogP contribution < -0.4 is 0 Å². The van der Waals surface area contributed by atoms with E-state index in [-0.39, 0.29) is 11.3 Å². The average Bonchev–Trinajstić information content (AvgIpc) is 2.16. The summed E-state index contributed by atoms with van der Waals surface area (Å²) >= 11 is 0. The highest BCUT2D eigenvalue weighted by molar-refractivity contribution is 5.86. The number of hydrogen-bond acceptors (Lipinski definition) is 1. The van der Waals surface area contributed by atoms with Gasteiger partial charge in [-0.3, -0.25) is 4.79 Å². The predicted molar refractivity (Wildman–Crippen MR) is 60.2 cm³/mol. The maximum Gasteiger partial charge on any atom is 0.141 e. The zero-order chi connectivity index (χ0) is 10.8. The second-order valence-electron chi connectivity index (χ2n) is 5.52. The number of carbonyl (C=O) groups excluding carboxylic acids is 1. The van der Waals surface area contributed by atoms with E-state index in [1.165, 1.54) is 19.3 Å². The third kappa shape index (κ3) is 2.37. The molecule has 0 aromatic heterocycles. The molecule has 0 spiro atoms. The second-order valence-corrected chi connectivity index (χ2v) is 5.52. The van der Waals surface area contributed by atoms with E-state index in [1.54, 1.807) is 0 Å². The van der Waals surface area contributed by atoms with Gasteiger partial charge in [-0.25, -0.2) is 0 Å². The molecular weight excluding hydrogens is 172 g/mol. The van der Waals surface area contributed by atoms with Crippen LogP contribution in [0.1, 0.15) is 59.8 Å². The van der Waals surface area contributed by atoms with E-state index in [4.69, 9.17) is 0 Å². The highest BCUT2D eigenvalue weighted by Crippen LogP contribution is 2.39. The van der Waals surface area contributed by atoms with E-state index in [2.05, 4.69) is 27.7 Å². The molecule has 1 atom stereocenters. The molecule has 0 amide bonds. The molecule has 0 aromatic carbocycles. The summed E-state index contributed by atoms with van der Waals surface area (Å²) in [6, 6.07) is 0. The monoisotopic (exact) mass is 196 g/mol. The van der Waals surface area contributed by atoms with Gasteiger partial charge in [0.25, 0.3) is 0 Å². The first-order valence-electron chi connectivity index (χ1n) is 6.02. The molecule has 1 aliphatic rings. The molecule has 1 heteroatoms. The molecule has 0 aromatic rings. The largest absolute Gasteiger partial charge is 0.299 e. The minimum Gasteiger partial charge on any atom is -0.299 e. The Labute approximate surface area is 88.3 Å². The minimum atomic E-state index is 0.00192. The van der Waals surface area contributed by atoms with Crippen LogP contribution in [0.4, 0.5) is 0 Å². The highest BCUT2D eigenvalue weighted by atomic mass is 16.1. The Kier molecular flexibility index (Phi) is 3.74. The van der Waals surface area contributed by atoms with E-state index >= 15 is 0 Å². The van der Waals surface area contributed by atoms with Crippen molar-refractivity contribution < 1.29 is 4.79 Å². The average molecular weight is 196 g/mol. The number of rotatable bonds is 3. The maximum absolute atomic E-state index is 12.3. The van der Waals surface area contributed by atoms with Crippen molar-refractivity contribution in [3.63, 3.8) is 0 Å². The summed E-state index contributed by atoms with van der Waals surface area (Å²) < 4.78 is 0. The molecule has 1 fully saturated rings. The summed E-state index contributed by atoms with van der Waals surface area (Å²) in [6.07, 6.45) is 6.03. The first-order valence-corrected chi connectivity index (χ1v) is 6.02. The fraction of sp³-hybridized carbons (Fsp3) is 0.923. The van der Waals surface area contributed by atoms with Crippen molar-refractivity contribution in [2.75, 3.05) is 0 Å². The smallest absolute Gasteiger partial charge is 0.141 e. The Bertz CT molecular complexity index is 199. The van der Waals surface area contributed by atoms with Gasteiger partial charge in [-0.2, -0.15) is 0 Å². The zero-order valence-electron chi connectivity index (χ0n) is 10.1. The van der Waals surface area contributed by atoms with Crippen molar-refractivity contribution in [3.8, 4) is 0 Å². The summed E-state index contributed by atoms with van der Waals surface area (Å²) in [4.78, 5) is 12.3. The summed E-state index contributed by atoms with van der Waals surface area (Å²) in [5, 5.41) is 0. The van der Waals surface area contributed by atoms with Crippen LogP contribution in [-0.4, -0.2) is 5.78 Å². The lowest BCUT2D eigenvalue weighted by Gasteiger charge is -2.35. The first kappa shape index (κ1) is 11.7. The lowest BCUT2D eigenvalue weighted by atomic mass is 9.68. The minimum absolute atomic E-state index is 0.00192. The molecule has 0 N–H and O–H groups in total. The van der Waals surface area contributed by atoms with Gasteiger partial charge in [0, 0.05) is 11.3 Å². The van der Waals surface area contributed by atoms with Gasteiger partial charge in [0.15, 0.2) is 0 Å². The highest BCUT2D eigenvalue weighted by Gasteiger charge is 2.37. The van der Waals surface area contributed by atoms with E-state index in [9.17, 15) is 4.79 Å². The molecule has 0 aliphatic heterocycles. The molecule has 1 rings (SSSR count). The molecule has 1 nitrogen and oxygen atoms in total.